The number of anilines is 2. The summed E-state index contributed by atoms with van der Waals surface area (Å²) in [7, 11) is 0. The molecule has 0 saturated carbocycles. The van der Waals surface area contributed by atoms with Crippen LogP contribution in [0, 0.1) is 0 Å². The molecule has 1 N–H and O–H groups in total. The first kappa shape index (κ1) is 52.5. The Labute approximate surface area is 365 Å². The quantitative estimate of drug-likeness (QED) is 0.0435. The molecule has 0 fully saturated rings. The number of rotatable bonds is 39. The molecule has 0 aromatic heterocycles. The third-order valence-corrected chi connectivity index (χ3v) is 9.17. The van der Waals surface area contributed by atoms with Crippen LogP contribution >= 0.6 is 0 Å². The number of hydrogen-bond donors (Lipinski definition) is 1. The summed E-state index contributed by atoms with van der Waals surface area (Å²) in [6, 6.07) is 19.6. The van der Waals surface area contributed by atoms with Gasteiger partial charge in [-0.05, 0) is 60.9 Å². The minimum Gasteiger partial charge on any atom is -0.491 e. The zero-order chi connectivity index (χ0) is 44.2. The Morgan fingerprint density at radius 3 is 1.50 bits per heavy atom. The fourth-order valence-corrected chi connectivity index (χ4v) is 5.87. The molecule has 0 aliphatic heterocycles. The number of carbonyl (C=O) groups is 1. The highest BCUT2D eigenvalue weighted by Crippen LogP contribution is 2.32. The highest BCUT2D eigenvalue weighted by molar-refractivity contribution is 5.96. The van der Waals surface area contributed by atoms with Crippen molar-refractivity contribution in [1.82, 2.24) is 0 Å². The molecule has 0 heterocycles. The topological polar surface area (TPSA) is 121 Å². The summed E-state index contributed by atoms with van der Waals surface area (Å²) in [6.45, 7) is 9.56. The number of alkyl halides is 3. The monoisotopic (exact) mass is 879 g/mol. The van der Waals surface area contributed by atoms with Crippen molar-refractivity contribution in [3.8, 4) is 5.75 Å². The van der Waals surface area contributed by atoms with Crippen LogP contribution in [0.15, 0.2) is 72.8 Å². The lowest BCUT2D eigenvalue weighted by atomic mass is 10.0. The maximum absolute atomic E-state index is 13.1. The van der Waals surface area contributed by atoms with Gasteiger partial charge in [0.2, 0.25) is 0 Å². The van der Waals surface area contributed by atoms with Crippen LogP contribution in [-0.4, -0.2) is 125 Å². The van der Waals surface area contributed by atoms with Gasteiger partial charge in [0.05, 0.1) is 123 Å². The van der Waals surface area contributed by atoms with Crippen LogP contribution in [-0.2, 0) is 55.2 Å². The molecule has 15 heteroatoms. The lowest BCUT2D eigenvalue weighted by Crippen LogP contribution is -2.16. The number of halogens is 3. The lowest BCUT2D eigenvalue weighted by Gasteiger charge is -2.13. The van der Waals surface area contributed by atoms with Crippen molar-refractivity contribution >= 4 is 17.3 Å². The van der Waals surface area contributed by atoms with E-state index < -0.39 is 17.7 Å². The largest absolute Gasteiger partial charge is 0.491 e. The number of nitrogens with one attached hydrogen (secondary N) is 1. The summed E-state index contributed by atoms with van der Waals surface area (Å²) in [5.41, 5.74) is 1.28. The molecule has 0 bridgehead atoms. The van der Waals surface area contributed by atoms with Crippen molar-refractivity contribution in [1.29, 1.82) is 0 Å². The molecule has 0 aliphatic carbocycles. The molecule has 0 atom stereocenters. The van der Waals surface area contributed by atoms with Gasteiger partial charge in [-0.15, -0.1) is 0 Å². The number of carbonyl (C=O) groups excluding carboxylic acids is 1. The van der Waals surface area contributed by atoms with E-state index in [9.17, 15) is 18.0 Å². The molecule has 0 spiro atoms. The van der Waals surface area contributed by atoms with Gasteiger partial charge in [-0.3, -0.25) is 0 Å². The molecule has 0 radical (unpaired) electrons. The summed E-state index contributed by atoms with van der Waals surface area (Å²) in [4.78, 5) is 12.6. The highest BCUT2D eigenvalue weighted by atomic mass is 19.4. The molecule has 348 valence electrons. The SMILES string of the molecule is CCCCCCCCCc1ccc(OCCOCCOCCOCCOCCOCCOCCOCCOCCOC(=O)c2ccccc2Nc2cccc(C(F)(F)F)c2)cc1. The first-order valence-electron chi connectivity index (χ1n) is 21.9. The fraction of sp³-hybridized carbons (Fsp3) is 0.596. The Morgan fingerprint density at radius 2 is 0.984 bits per heavy atom. The molecule has 12 nitrogen and oxygen atoms in total. The van der Waals surface area contributed by atoms with Crippen molar-refractivity contribution in [2.75, 3.05) is 124 Å². The standard InChI is InChI=1S/C47H68F3NO11/c1-2-3-4-5-6-7-8-12-40-17-19-43(20-18-40)61-37-35-59-33-31-57-29-27-55-25-23-53-21-22-54-24-26-56-28-30-58-32-34-60-36-38-62-46(52)44-15-9-10-16-45(44)51-42-14-11-13-41(39-42)47(48,49)50/h9-11,13-20,39,51H,2-8,12,21-38H2,1H3. The third kappa shape index (κ3) is 26.0. The van der Waals surface area contributed by atoms with Crippen molar-refractivity contribution in [3.05, 3.63) is 89.5 Å². The molecule has 0 aliphatic rings. The van der Waals surface area contributed by atoms with Gasteiger partial charge in [-0.1, -0.05) is 75.8 Å². The summed E-state index contributed by atoms with van der Waals surface area (Å²) in [5.74, 6) is 0.242. The van der Waals surface area contributed by atoms with Crippen LogP contribution in [0.1, 0.15) is 73.4 Å². The molecule has 0 unspecified atom stereocenters. The zero-order valence-electron chi connectivity index (χ0n) is 36.4. The smallest absolute Gasteiger partial charge is 0.416 e. The fourth-order valence-electron chi connectivity index (χ4n) is 5.87. The predicted molar refractivity (Wildman–Crippen MR) is 232 cm³/mol. The molecule has 0 amide bonds. The van der Waals surface area contributed by atoms with E-state index in [1.807, 2.05) is 12.1 Å². The van der Waals surface area contributed by atoms with E-state index in [0.717, 1.165) is 24.3 Å². The van der Waals surface area contributed by atoms with Gasteiger partial charge in [0.1, 0.15) is 19.0 Å². The number of aryl methyl sites for hydroxylation is 1. The second-order valence-electron chi connectivity index (χ2n) is 14.1. The van der Waals surface area contributed by atoms with Crippen LogP contribution in [0.2, 0.25) is 0 Å². The molecule has 3 aromatic rings. The van der Waals surface area contributed by atoms with Crippen LogP contribution in [0.4, 0.5) is 24.5 Å². The second-order valence-corrected chi connectivity index (χ2v) is 14.1. The van der Waals surface area contributed by atoms with Crippen LogP contribution < -0.4 is 10.1 Å². The maximum Gasteiger partial charge on any atom is 0.416 e. The summed E-state index contributed by atoms with van der Waals surface area (Å²) >= 11 is 0. The van der Waals surface area contributed by atoms with Crippen LogP contribution in [0.3, 0.4) is 0 Å². The Bertz CT molecular complexity index is 1550. The van der Waals surface area contributed by atoms with Gasteiger partial charge >= 0.3 is 12.1 Å². The number of unbranched alkanes of at least 4 members (excludes halogenated alkanes) is 6. The minimum absolute atomic E-state index is 0.00119. The van der Waals surface area contributed by atoms with Crippen molar-refractivity contribution < 1.29 is 65.3 Å². The normalized spacial score (nSPS) is 11.5. The minimum atomic E-state index is -4.48. The Kier molecular flexibility index (Phi) is 29.4. The number of ether oxygens (including phenoxy) is 10. The molecule has 3 rings (SSSR count). The second kappa shape index (κ2) is 34.7. The first-order valence-corrected chi connectivity index (χ1v) is 21.9. The Morgan fingerprint density at radius 1 is 0.516 bits per heavy atom. The molecule has 3 aromatic carbocycles. The average Bonchev–Trinajstić information content (AvgIpc) is 3.27. The molecular weight excluding hydrogens is 812 g/mol. The van der Waals surface area contributed by atoms with Crippen molar-refractivity contribution in [3.63, 3.8) is 0 Å². The van der Waals surface area contributed by atoms with Gasteiger partial charge in [0, 0.05) is 5.69 Å². The van der Waals surface area contributed by atoms with E-state index in [4.69, 9.17) is 47.4 Å². The van der Waals surface area contributed by atoms with E-state index in [-0.39, 0.29) is 24.5 Å². The Hall–Kier alpha value is -3.80. The van der Waals surface area contributed by atoms with Crippen LogP contribution in [0.5, 0.6) is 5.75 Å². The van der Waals surface area contributed by atoms with Gasteiger partial charge in [-0.25, -0.2) is 4.79 Å². The maximum atomic E-state index is 13.1. The molecule has 62 heavy (non-hydrogen) atoms. The highest BCUT2D eigenvalue weighted by Gasteiger charge is 2.30. The van der Waals surface area contributed by atoms with E-state index in [1.54, 1.807) is 18.2 Å². The Balaban J connectivity index is 0.996. The predicted octanol–water partition coefficient (Wildman–Crippen LogP) is 9.11. The average molecular weight is 880 g/mol. The zero-order valence-corrected chi connectivity index (χ0v) is 36.4. The van der Waals surface area contributed by atoms with Crippen LogP contribution in [0.25, 0.3) is 0 Å². The van der Waals surface area contributed by atoms with E-state index >= 15 is 0 Å². The number of hydrogen-bond acceptors (Lipinski definition) is 12. The summed E-state index contributed by atoms with van der Waals surface area (Å²) in [5, 5.41) is 2.86. The number of benzene rings is 3. The van der Waals surface area contributed by atoms with Gasteiger partial charge in [0.15, 0.2) is 0 Å². The van der Waals surface area contributed by atoms with Gasteiger partial charge in [-0.2, -0.15) is 13.2 Å². The molecular formula is C47H68F3NO11. The van der Waals surface area contributed by atoms with Gasteiger partial charge in [0.25, 0.3) is 0 Å². The lowest BCUT2D eigenvalue weighted by molar-refractivity contribution is -0.137. The summed E-state index contributed by atoms with van der Waals surface area (Å²) in [6.07, 6.45) is 5.93. The number of para-hydroxylation sites is 1. The van der Waals surface area contributed by atoms with E-state index in [2.05, 4.69) is 24.4 Å². The molecule has 0 saturated heterocycles. The number of esters is 1. The van der Waals surface area contributed by atoms with E-state index in [1.165, 1.54) is 68.7 Å². The summed E-state index contributed by atoms with van der Waals surface area (Å²) < 4.78 is 94.4. The third-order valence-electron chi connectivity index (χ3n) is 9.17. The van der Waals surface area contributed by atoms with Crippen molar-refractivity contribution in [2.45, 2.75) is 64.5 Å². The van der Waals surface area contributed by atoms with Gasteiger partial charge < -0.3 is 52.7 Å². The first-order chi connectivity index (χ1) is 30.4. The van der Waals surface area contributed by atoms with E-state index in [0.29, 0.717) is 111 Å². The van der Waals surface area contributed by atoms with Crippen molar-refractivity contribution in [2.24, 2.45) is 0 Å².